The van der Waals surface area contributed by atoms with Crippen molar-refractivity contribution < 1.29 is 14.7 Å². The van der Waals surface area contributed by atoms with Crippen molar-refractivity contribution in [1.29, 1.82) is 0 Å². The summed E-state index contributed by atoms with van der Waals surface area (Å²) in [6, 6.07) is 0. The van der Waals surface area contributed by atoms with Gasteiger partial charge in [-0.25, -0.2) is 0 Å². The van der Waals surface area contributed by atoms with Gasteiger partial charge in [-0.2, -0.15) is 0 Å². The largest absolute Gasteiger partial charge is 0.481 e. The normalized spacial score (nSPS) is 25.5. The van der Waals surface area contributed by atoms with Crippen LogP contribution in [0.1, 0.15) is 40.5 Å². The van der Waals surface area contributed by atoms with Gasteiger partial charge in [0.2, 0.25) is 5.91 Å². The maximum absolute atomic E-state index is 12.2. The van der Waals surface area contributed by atoms with Crippen LogP contribution in [0, 0.1) is 23.7 Å². The number of carboxylic acid groups (broad SMARTS) is 1. The zero-order valence-electron chi connectivity index (χ0n) is 11.8. The van der Waals surface area contributed by atoms with E-state index < -0.39 is 11.9 Å². The zero-order valence-corrected chi connectivity index (χ0v) is 11.8. The maximum Gasteiger partial charge on any atom is 0.308 e. The van der Waals surface area contributed by atoms with Crippen LogP contribution in [-0.2, 0) is 9.59 Å². The molecule has 0 spiro atoms. The van der Waals surface area contributed by atoms with Gasteiger partial charge in [-0.1, -0.05) is 34.1 Å². The van der Waals surface area contributed by atoms with Crippen LogP contribution in [0.3, 0.4) is 0 Å². The van der Waals surface area contributed by atoms with Gasteiger partial charge in [-0.3, -0.25) is 9.59 Å². The van der Waals surface area contributed by atoms with E-state index in [0.29, 0.717) is 31.3 Å². The SMILES string of the molecule is CCC(CC(=O)N1C[C@@H](C)[C@H](C(=O)O)C1)C(C)C. The lowest BCUT2D eigenvalue weighted by molar-refractivity contribution is -0.142. The van der Waals surface area contributed by atoms with Crippen molar-refractivity contribution in [2.24, 2.45) is 23.7 Å². The summed E-state index contributed by atoms with van der Waals surface area (Å²) >= 11 is 0. The predicted molar refractivity (Wildman–Crippen MR) is 70.1 cm³/mol. The summed E-state index contributed by atoms with van der Waals surface area (Å²) in [6.45, 7) is 9.24. The van der Waals surface area contributed by atoms with Crippen molar-refractivity contribution in [3.8, 4) is 0 Å². The van der Waals surface area contributed by atoms with Gasteiger partial charge >= 0.3 is 5.97 Å². The zero-order chi connectivity index (χ0) is 13.9. The molecule has 1 saturated heterocycles. The van der Waals surface area contributed by atoms with Crippen molar-refractivity contribution in [1.82, 2.24) is 4.90 Å². The van der Waals surface area contributed by atoms with E-state index in [9.17, 15) is 9.59 Å². The highest BCUT2D eigenvalue weighted by atomic mass is 16.4. The van der Waals surface area contributed by atoms with Gasteiger partial charge in [0.1, 0.15) is 0 Å². The molecule has 1 amide bonds. The number of aliphatic carboxylic acids is 1. The molecule has 1 unspecified atom stereocenters. The van der Waals surface area contributed by atoms with Gasteiger partial charge in [-0.15, -0.1) is 0 Å². The molecule has 1 heterocycles. The van der Waals surface area contributed by atoms with Crippen molar-refractivity contribution in [2.45, 2.75) is 40.5 Å². The number of hydrogen-bond donors (Lipinski definition) is 1. The van der Waals surface area contributed by atoms with Crippen LogP contribution in [-0.4, -0.2) is 35.0 Å². The highest BCUT2D eigenvalue weighted by Gasteiger charge is 2.37. The van der Waals surface area contributed by atoms with E-state index in [1.165, 1.54) is 0 Å². The minimum atomic E-state index is -0.784. The molecule has 0 aromatic rings. The lowest BCUT2D eigenvalue weighted by atomic mass is 9.90. The van der Waals surface area contributed by atoms with Crippen LogP contribution >= 0.6 is 0 Å². The van der Waals surface area contributed by atoms with Gasteiger partial charge in [0.15, 0.2) is 0 Å². The van der Waals surface area contributed by atoms with Gasteiger partial charge in [0.05, 0.1) is 5.92 Å². The van der Waals surface area contributed by atoms with Gasteiger partial charge < -0.3 is 10.0 Å². The molecule has 0 bridgehead atoms. The van der Waals surface area contributed by atoms with Crippen LogP contribution in [0.25, 0.3) is 0 Å². The first-order valence-electron chi connectivity index (χ1n) is 6.87. The summed E-state index contributed by atoms with van der Waals surface area (Å²) in [6.07, 6.45) is 1.54. The van der Waals surface area contributed by atoms with Gasteiger partial charge in [0, 0.05) is 19.5 Å². The fraction of sp³-hybridized carbons (Fsp3) is 0.857. The number of likely N-dealkylation sites (tertiary alicyclic amines) is 1. The Labute approximate surface area is 109 Å². The monoisotopic (exact) mass is 255 g/mol. The van der Waals surface area contributed by atoms with Crippen molar-refractivity contribution in [3.63, 3.8) is 0 Å². The smallest absolute Gasteiger partial charge is 0.308 e. The first-order valence-corrected chi connectivity index (χ1v) is 6.87. The van der Waals surface area contributed by atoms with E-state index in [-0.39, 0.29) is 11.8 Å². The molecule has 0 aliphatic carbocycles. The Morgan fingerprint density at radius 2 is 1.94 bits per heavy atom. The molecule has 3 atom stereocenters. The number of nitrogens with zero attached hydrogens (tertiary/aromatic N) is 1. The Kier molecular flexibility index (Phi) is 5.17. The maximum atomic E-state index is 12.2. The average molecular weight is 255 g/mol. The molecular formula is C14H25NO3. The third-order valence-electron chi connectivity index (χ3n) is 4.19. The van der Waals surface area contributed by atoms with Gasteiger partial charge in [-0.05, 0) is 17.8 Å². The molecule has 0 saturated carbocycles. The Bertz CT molecular complexity index is 314. The van der Waals surface area contributed by atoms with Gasteiger partial charge in [0.25, 0.3) is 0 Å². The molecule has 1 rings (SSSR count). The molecule has 1 aliphatic heterocycles. The minimum Gasteiger partial charge on any atom is -0.481 e. The van der Waals surface area contributed by atoms with Crippen LogP contribution in [0.5, 0.6) is 0 Å². The molecule has 1 aliphatic rings. The first kappa shape index (κ1) is 15.0. The molecule has 104 valence electrons. The van der Waals surface area contributed by atoms with E-state index >= 15 is 0 Å². The second-order valence-corrected chi connectivity index (χ2v) is 5.84. The standard InChI is InChI=1S/C14H25NO3/c1-5-11(9(2)3)6-13(16)15-7-10(4)12(8-15)14(17)18/h9-12H,5-8H2,1-4H3,(H,17,18)/t10-,11?,12-/m1/s1. The second kappa shape index (κ2) is 6.21. The molecule has 1 fully saturated rings. The summed E-state index contributed by atoms with van der Waals surface area (Å²) in [5.74, 6) is -0.107. The average Bonchev–Trinajstić information content (AvgIpc) is 2.67. The number of hydrogen-bond acceptors (Lipinski definition) is 2. The molecule has 18 heavy (non-hydrogen) atoms. The van der Waals surface area contributed by atoms with Crippen LogP contribution in [0.2, 0.25) is 0 Å². The van der Waals surface area contributed by atoms with Crippen molar-refractivity contribution >= 4 is 11.9 Å². The summed E-state index contributed by atoms with van der Waals surface area (Å²) in [4.78, 5) is 24.9. The highest BCUT2D eigenvalue weighted by Crippen LogP contribution is 2.26. The predicted octanol–water partition coefficient (Wildman–Crippen LogP) is 2.24. The molecule has 4 nitrogen and oxygen atoms in total. The van der Waals surface area contributed by atoms with E-state index in [4.69, 9.17) is 5.11 Å². The van der Waals surface area contributed by atoms with E-state index in [1.807, 2.05) is 6.92 Å². The number of carbonyl (C=O) groups is 2. The molecule has 0 radical (unpaired) electrons. The minimum absolute atomic E-state index is 0.0607. The third-order valence-corrected chi connectivity index (χ3v) is 4.19. The fourth-order valence-corrected chi connectivity index (χ4v) is 2.70. The summed E-state index contributed by atoms with van der Waals surface area (Å²) in [5, 5.41) is 9.06. The molecular weight excluding hydrogens is 230 g/mol. The van der Waals surface area contributed by atoms with E-state index in [1.54, 1.807) is 4.90 Å². The van der Waals surface area contributed by atoms with Crippen LogP contribution in [0.4, 0.5) is 0 Å². The first-order chi connectivity index (χ1) is 8.36. The van der Waals surface area contributed by atoms with Crippen LogP contribution in [0.15, 0.2) is 0 Å². The van der Waals surface area contributed by atoms with E-state index in [2.05, 4.69) is 20.8 Å². The third kappa shape index (κ3) is 3.47. The van der Waals surface area contributed by atoms with Crippen molar-refractivity contribution in [3.05, 3.63) is 0 Å². The molecule has 0 aromatic heterocycles. The Hall–Kier alpha value is -1.06. The lowest BCUT2D eigenvalue weighted by Gasteiger charge is -2.22. The Morgan fingerprint density at radius 1 is 1.33 bits per heavy atom. The van der Waals surface area contributed by atoms with Crippen molar-refractivity contribution in [2.75, 3.05) is 13.1 Å². The second-order valence-electron chi connectivity index (χ2n) is 5.84. The number of carbonyl (C=O) groups excluding carboxylic acids is 1. The molecule has 1 N–H and O–H groups in total. The number of carboxylic acids is 1. The van der Waals surface area contributed by atoms with Crippen LogP contribution < -0.4 is 0 Å². The number of amides is 1. The lowest BCUT2D eigenvalue weighted by Crippen LogP contribution is -2.32. The quantitative estimate of drug-likeness (QED) is 0.819. The summed E-state index contributed by atoms with van der Waals surface area (Å²) in [7, 11) is 0. The Morgan fingerprint density at radius 3 is 2.33 bits per heavy atom. The fourth-order valence-electron chi connectivity index (χ4n) is 2.70. The summed E-state index contributed by atoms with van der Waals surface area (Å²) in [5.41, 5.74) is 0. The van der Waals surface area contributed by atoms with E-state index in [0.717, 1.165) is 6.42 Å². The number of rotatable bonds is 5. The highest BCUT2D eigenvalue weighted by molar-refractivity contribution is 5.79. The molecule has 4 heteroatoms. The molecule has 0 aromatic carbocycles. The summed E-state index contributed by atoms with van der Waals surface area (Å²) < 4.78 is 0. The Balaban J connectivity index is 2.56. The topological polar surface area (TPSA) is 57.6 Å².